The van der Waals surface area contributed by atoms with Gasteiger partial charge in [0.05, 0.1) is 5.92 Å². The molecule has 2 amide bonds. The van der Waals surface area contributed by atoms with Crippen molar-refractivity contribution in [3.05, 3.63) is 0 Å². The first kappa shape index (κ1) is 14.5. The van der Waals surface area contributed by atoms with Gasteiger partial charge in [0, 0.05) is 33.0 Å². The maximum Gasteiger partial charge on any atom is 0.303 e. The summed E-state index contributed by atoms with van der Waals surface area (Å²) in [7, 11) is 1.69. The molecule has 1 aliphatic heterocycles. The second-order valence-corrected chi connectivity index (χ2v) is 4.96. The van der Waals surface area contributed by atoms with Crippen LogP contribution in [0.25, 0.3) is 0 Å². The molecule has 0 radical (unpaired) electrons. The van der Waals surface area contributed by atoms with E-state index in [1.54, 1.807) is 11.9 Å². The highest BCUT2D eigenvalue weighted by molar-refractivity contribution is 5.89. The Labute approximate surface area is 106 Å². The third-order valence-corrected chi connectivity index (χ3v) is 3.19. The lowest BCUT2D eigenvalue weighted by Crippen LogP contribution is -2.35. The monoisotopic (exact) mass is 256 g/mol. The number of hydrogen-bond acceptors (Lipinski definition) is 3. The van der Waals surface area contributed by atoms with Crippen molar-refractivity contribution < 1.29 is 19.5 Å². The molecule has 0 spiro atoms. The average molecular weight is 256 g/mol. The average Bonchev–Trinajstić information content (AvgIpc) is 2.64. The van der Waals surface area contributed by atoms with Gasteiger partial charge >= 0.3 is 5.97 Å². The summed E-state index contributed by atoms with van der Waals surface area (Å²) in [5.74, 6) is -1.09. The summed E-state index contributed by atoms with van der Waals surface area (Å²) in [5.41, 5.74) is 0. The summed E-state index contributed by atoms with van der Waals surface area (Å²) >= 11 is 0. The van der Waals surface area contributed by atoms with Crippen molar-refractivity contribution in [2.24, 2.45) is 11.8 Å². The Morgan fingerprint density at radius 1 is 1.56 bits per heavy atom. The molecule has 0 bridgehead atoms. The van der Waals surface area contributed by atoms with Gasteiger partial charge in [0.25, 0.3) is 0 Å². The van der Waals surface area contributed by atoms with E-state index in [4.69, 9.17) is 5.11 Å². The van der Waals surface area contributed by atoms with Crippen LogP contribution < -0.4 is 5.32 Å². The van der Waals surface area contributed by atoms with Gasteiger partial charge in [0.1, 0.15) is 0 Å². The standard InChI is InChI=1S/C12H20N2O4/c1-8(3-4-11(16)17)6-13-12(18)9-5-10(15)14(2)7-9/h8-9H,3-7H2,1-2H3,(H,13,18)(H,16,17). The van der Waals surface area contributed by atoms with E-state index in [1.807, 2.05) is 6.92 Å². The third-order valence-electron chi connectivity index (χ3n) is 3.19. The molecule has 1 aliphatic rings. The number of carboxylic acids is 1. The molecule has 1 rings (SSSR count). The highest BCUT2D eigenvalue weighted by Crippen LogP contribution is 2.16. The van der Waals surface area contributed by atoms with E-state index in [0.29, 0.717) is 19.5 Å². The Bertz CT molecular complexity index is 343. The van der Waals surface area contributed by atoms with Crippen LogP contribution in [0.2, 0.25) is 0 Å². The van der Waals surface area contributed by atoms with E-state index in [2.05, 4.69) is 5.32 Å². The minimum atomic E-state index is -0.823. The van der Waals surface area contributed by atoms with Crippen LogP contribution in [0.5, 0.6) is 0 Å². The van der Waals surface area contributed by atoms with Gasteiger partial charge in [-0.2, -0.15) is 0 Å². The van der Waals surface area contributed by atoms with Crippen molar-refractivity contribution in [2.75, 3.05) is 20.1 Å². The second-order valence-electron chi connectivity index (χ2n) is 4.96. The van der Waals surface area contributed by atoms with Gasteiger partial charge in [-0.3, -0.25) is 14.4 Å². The maximum absolute atomic E-state index is 11.8. The van der Waals surface area contributed by atoms with Gasteiger partial charge in [0.15, 0.2) is 0 Å². The molecule has 1 fully saturated rings. The Hall–Kier alpha value is -1.59. The van der Waals surface area contributed by atoms with Crippen LogP contribution >= 0.6 is 0 Å². The third kappa shape index (κ3) is 4.35. The Morgan fingerprint density at radius 3 is 2.72 bits per heavy atom. The largest absolute Gasteiger partial charge is 0.481 e. The number of rotatable bonds is 6. The van der Waals surface area contributed by atoms with E-state index >= 15 is 0 Å². The lowest BCUT2D eigenvalue weighted by molar-refractivity contribution is -0.137. The summed E-state index contributed by atoms with van der Waals surface area (Å²) in [5, 5.41) is 11.3. The van der Waals surface area contributed by atoms with Crippen molar-refractivity contribution in [1.82, 2.24) is 10.2 Å². The number of aliphatic carboxylic acids is 1. The molecule has 0 aromatic carbocycles. The number of carbonyl (C=O) groups is 3. The van der Waals surface area contributed by atoms with E-state index in [0.717, 1.165) is 0 Å². The first-order valence-corrected chi connectivity index (χ1v) is 6.13. The number of nitrogens with one attached hydrogen (secondary N) is 1. The molecule has 0 aromatic heterocycles. The molecular formula is C12H20N2O4. The molecule has 0 aromatic rings. The lowest BCUT2D eigenvalue weighted by atomic mass is 10.0. The first-order valence-electron chi connectivity index (χ1n) is 6.13. The van der Waals surface area contributed by atoms with Gasteiger partial charge < -0.3 is 15.3 Å². The normalized spacial score (nSPS) is 20.9. The molecule has 6 nitrogen and oxygen atoms in total. The predicted molar refractivity (Wildman–Crippen MR) is 64.8 cm³/mol. The van der Waals surface area contributed by atoms with E-state index < -0.39 is 5.97 Å². The quantitative estimate of drug-likeness (QED) is 0.704. The summed E-state index contributed by atoms with van der Waals surface area (Å²) in [6, 6.07) is 0. The molecular weight excluding hydrogens is 236 g/mol. The minimum Gasteiger partial charge on any atom is -0.481 e. The Kier molecular flexibility index (Phi) is 5.12. The molecule has 1 heterocycles. The number of hydrogen-bond donors (Lipinski definition) is 2. The molecule has 6 heteroatoms. The number of carboxylic acid groups (broad SMARTS) is 1. The van der Waals surface area contributed by atoms with Crippen LogP contribution in [-0.2, 0) is 14.4 Å². The van der Waals surface area contributed by atoms with Crippen molar-refractivity contribution in [2.45, 2.75) is 26.2 Å². The zero-order valence-electron chi connectivity index (χ0n) is 10.8. The summed E-state index contributed by atoms with van der Waals surface area (Å²) < 4.78 is 0. The Balaban J connectivity index is 2.25. The molecule has 2 unspecified atom stereocenters. The van der Waals surface area contributed by atoms with Crippen LogP contribution in [0.15, 0.2) is 0 Å². The maximum atomic E-state index is 11.8. The highest BCUT2D eigenvalue weighted by Gasteiger charge is 2.31. The van der Waals surface area contributed by atoms with E-state index in [-0.39, 0.29) is 36.5 Å². The molecule has 2 N–H and O–H groups in total. The molecule has 1 saturated heterocycles. The van der Waals surface area contributed by atoms with Crippen molar-refractivity contribution in [3.8, 4) is 0 Å². The molecule has 102 valence electrons. The van der Waals surface area contributed by atoms with Gasteiger partial charge in [-0.1, -0.05) is 6.92 Å². The smallest absolute Gasteiger partial charge is 0.303 e. The molecule has 0 saturated carbocycles. The fourth-order valence-electron chi connectivity index (χ4n) is 1.93. The number of carbonyl (C=O) groups excluding carboxylic acids is 2. The molecule has 2 atom stereocenters. The summed E-state index contributed by atoms with van der Waals surface area (Å²) in [6.07, 6.45) is 0.923. The Morgan fingerprint density at radius 2 is 2.22 bits per heavy atom. The van der Waals surface area contributed by atoms with Crippen molar-refractivity contribution >= 4 is 17.8 Å². The van der Waals surface area contributed by atoms with E-state index in [9.17, 15) is 14.4 Å². The SMILES string of the molecule is CC(CCC(=O)O)CNC(=O)C1CC(=O)N(C)C1. The topological polar surface area (TPSA) is 86.7 Å². The van der Waals surface area contributed by atoms with Crippen LogP contribution in [0.1, 0.15) is 26.2 Å². The summed E-state index contributed by atoms with van der Waals surface area (Å²) in [6.45, 7) is 2.82. The predicted octanol–water partition coefficient (Wildman–Crippen LogP) is 0.0818. The minimum absolute atomic E-state index is 0.00549. The van der Waals surface area contributed by atoms with Crippen LogP contribution in [0, 0.1) is 11.8 Å². The van der Waals surface area contributed by atoms with Gasteiger partial charge in [-0.05, 0) is 12.3 Å². The zero-order valence-corrected chi connectivity index (χ0v) is 10.8. The van der Waals surface area contributed by atoms with Gasteiger partial charge in [0.2, 0.25) is 11.8 Å². The van der Waals surface area contributed by atoms with Crippen LogP contribution in [-0.4, -0.2) is 47.9 Å². The number of nitrogens with zero attached hydrogens (tertiary/aromatic N) is 1. The molecule has 0 aliphatic carbocycles. The summed E-state index contributed by atoms with van der Waals surface area (Å²) in [4.78, 5) is 35.0. The second kappa shape index (κ2) is 6.37. The fourth-order valence-corrected chi connectivity index (χ4v) is 1.93. The number of likely N-dealkylation sites (tertiary alicyclic amines) is 1. The van der Waals surface area contributed by atoms with E-state index in [1.165, 1.54) is 0 Å². The van der Waals surface area contributed by atoms with Crippen LogP contribution in [0.4, 0.5) is 0 Å². The number of amides is 2. The molecule has 18 heavy (non-hydrogen) atoms. The van der Waals surface area contributed by atoms with Crippen LogP contribution in [0.3, 0.4) is 0 Å². The van der Waals surface area contributed by atoms with Gasteiger partial charge in [-0.25, -0.2) is 0 Å². The highest BCUT2D eigenvalue weighted by atomic mass is 16.4. The first-order chi connectivity index (χ1) is 8.40. The van der Waals surface area contributed by atoms with Gasteiger partial charge in [-0.15, -0.1) is 0 Å². The zero-order chi connectivity index (χ0) is 13.7. The lowest BCUT2D eigenvalue weighted by Gasteiger charge is -2.14. The fraction of sp³-hybridized carbons (Fsp3) is 0.750. The van der Waals surface area contributed by atoms with Crippen molar-refractivity contribution in [1.29, 1.82) is 0 Å². The van der Waals surface area contributed by atoms with Crippen molar-refractivity contribution in [3.63, 3.8) is 0 Å².